The molecule has 10 heteroatoms. The molecule has 1 aromatic heterocycles. The van der Waals surface area contributed by atoms with E-state index in [1.807, 2.05) is 0 Å². The van der Waals surface area contributed by atoms with Crippen molar-refractivity contribution < 1.29 is 25.4 Å². The zero-order chi connectivity index (χ0) is 16.5. The van der Waals surface area contributed by atoms with Crippen LogP contribution in [0.4, 0.5) is 0 Å². The number of aromatic amines is 1. The average molecular weight is 312 g/mol. The number of carboxylic acids is 1. The smallest absolute Gasteiger partial charge is 0.338 e. The number of nitrogens with two attached hydrogens (primary N) is 2. The van der Waals surface area contributed by atoms with Crippen LogP contribution in [0.25, 0.3) is 0 Å². The van der Waals surface area contributed by atoms with Crippen LogP contribution in [0.2, 0.25) is 0 Å². The molecule has 0 aliphatic heterocycles. The Hall–Kier alpha value is -2.62. The average Bonchev–Trinajstić information content (AvgIpc) is 2.94. The summed E-state index contributed by atoms with van der Waals surface area (Å²) in [4.78, 5) is 32.4. The van der Waals surface area contributed by atoms with Gasteiger partial charge in [0.15, 0.2) is 6.04 Å². The standard InChI is InChI=1S/C12H21N7O3/c13-8(4-7-5-16-6-18-7)10(20)19-9(11(21)22)2-1-3-17-12(14)15/h5-6,8-9H,1-4,13H2,(H,16,18)(H,19,20)(H,21,22)(H4,14,15,17)/p+1/t8-,9-/m0/s1. The summed E-state index contributed by atoms with van der Waals surface area (Å²) < 4.78 is 0. The molecule has 0 aliphatic rings. The summed E-state index contributed by atoms with van der Waals surface area (Å²) in [6, 6.07) is -1.72. The van der Waals surface area contributed by atoms with Gasteiger partial charge < -0.3 is 25.9 Å². The van der Waals surface area contributed by atoms with E-state index in [0.29, 0.717) is 19.4 Å². The van der Waals surface area contributed by atoms with Gasteiger partial charge in [-0.25, -0.2) is 4.98 Å². The molecule has 0 aliphatic carbocycles. The van der Waals surface area contributed by atoms with Gasteiger partial charge in [0.1, 0.15) is 0 Å². The van der Waals surface area contributed by atoms with Gasteiger partial charge in [-0.05, 0) is 12.8 Å². The van der Waals surface area contributed by atoms with Crippen LogP contribution in [0.15, 0.2) is 12.5 Å². The first kappa shape index (κ1) is 17.4. The minimum absolute atomic E-state index is 0.0615. The number of carbonyl (C=O) groups excluding carboxylic acids is 2. The monoisotopic (exact) mass is 312 g/mol. The van der Waals surface area contributed by atoms with Crippen LogP contribution >= 0.6 is 0 Å². The maximum absolute atomic E-state index is 12.0. The topological polar surface area (TPSA) is 192 Å². The molecule has 0 spiro atoms. The van der Waals surface area contributed by atoms with Crippen molar-refractivity contribution in [2.24, 2.45) is 11.5 Å². The van der Waals surface area contributed by atoms with Crippen LogP contribution in [0.5, 0.6) is 0 Å². The second kappa shape index (κ2) is 8.62. The van der Waals surface area contributed by atoms with Crippen molar-refractivity contribution >= 4 is 17.8 Å². The lowest BCUT2D eigenvalue weighted by atomic mass is 10.1. The number of H-pyrrole nitrogens is 1. The van der Waals surface area contributed by atoms with Crippen molar-refractivity contribution in [2.75, 3.05) is 6.54 Å². The third kappa shape index (κ3) is 6.22. The Morgan fingerprint density at radius 1 is 1.50 bits per heavy atom. The Labute approximate surface area is 127 Å². The first-order chi connectivity index (χ1) is 10.4. The molecule has 0 saturated heterocycles. The van der Waals surface area contributed by atoms with E-state index >= 15 is 0 Å². The predicted octanol–water partition coefficient (Wildman–Crippen LogP) is -6.07. The lowest BCUT2D eigenvalue weighted by molar-refractivity contribution is -0.459. The lowest BCUT2D eigenvalue weighted by Gasteiger charge is -2.20. The molecule has 22 heavy (non-hydrogen) atoms. The van der Waals surface area contributed by atoms with E-state index in [0.717, 1.165) is 5.69 Å². The minimum Gasteiger partial charge on any atom is -0.548 e. The molecule has 2 atom stereocenters. The van der Waals surface area contributed by atoms with Gasteiger partial charge in [-0.15, -0.1) is 0 Å². The molecule has 0 unspecified atom stereocenters. The highest BCUT2D eigenvalue weighted by molar-refractivity contribution is 5.85. The van der Waals surface area contributed by atoms with E-state index in [9.17, 15) is 14.7 Å². The maximum Gasteiger partial charge on any atom is 0.338 e. The number of guanidine groups is 1. The van der Waals surface area contributed by atoms with Gasteiger partial charge >= 0.3 is 5.96 Å². The number of aromatic nitrogens is 2. The second-order valence-corrected chi connectivity index (χ2v) is 4.88. The summed E-state index contributed by atoms with van der Waals surface area (Å²) in [5.74, 6) is -1.74. The van der Waals surface area contributed by atoms with Crippen LogP contribution in [0.1, 0.15) is 18.5 Å². The third-order valence-electron chi connectivity index (χ3n) is 2.99. The van der Waals surface area contributed by atoms with Crippen molar-refractivity contribution in [2.45, 2.75) is 31.3 Å². The number of amides is 1. The molecule has 0 aromatic carbocycles. The lowest BCUT2D eigenvalue weighted by Crippen LogP contribution is -2.78. The van der Waals surface area contributed by atoms with Crippen LogP contribution in [-0.4, -0.2) is 46.4 Å². The zero-order valence-corrected chi connectivity index (χ0v) is 12.2. The number of imidazole rings is 1. The van der Waals surface area contributed by atoms with E-state index in [1.54, 1.807) is 6.20 Å². The Morgan fingerprint density at radius 3 is 2.77 bits per heavy atom. The van der Waals surface area contributed by atoms with E-state index in [-0.39, 0.29) is 12.4 Å². The van der Waals surface area contributed by atoms with Crippen molar-refractivity contribution in [1.82, 2.24) is 15.3 Å². The first-order valence-electron chi connectivity index (χ1n) is 6.83. The molecule has 1 aromatic rings. The Morgan fingerprint density at radius 2 is 2.23 bits per heavy atom. The maximum atomic E-state index is 12.0. The van der Waals surface area contributed by atoms with Gasteiger partial charge in [-0.2, -0.15) is 0 Å². The summed E-state index contributed by atoms with van der Waals surface area (Å²) >= 11 is 0. The van der Waals surface area contributed by atoms with Crippen LogP contribution < -0.4 is 32.6 Å². The van der Waals surface area contributed by atoms with Gasteiger partial charge in [0.05, 0.1) is 31.3 Å². The van der Waals surface area contributed by atoms with Crippen molar-refractivity contribution in [3.8, 4) is 0 Å². The molecule has 122 valence electrons. The second-order valence-electron chi connectivity index (χ2n) is 4.88. The van der Waals surface area contributed by atoms with Crippen molar-refractivity contribution in [3.05, 3.63) is 18.2 Å². The number of aliphatic carboxylic acids is 1. The molecular formula is C12H22N7O3+. The molecule has 1 rings (SSSR count). The summed E-state index contributed by atoms with van der Waals surface area (Å²) in [6.45, 7) is 0.407. The zero-order valence-electron chi connectivity index (χ0n) is 12.2. The molecular weight excluding hydrogens is 290 g/mol. The highest BCUT2D eigenvalue weighted by Crippen LogP contribution is 1.98. The van der Waals surface area contributed by atoms with E-state index in [1.165, 1.54) is 6.33 Å². The first-order valence-corrected chi connectivity index (χ1v) is 6.83. The summed E-state index contributed by atoms with van der Waals surface area (Å²) in [7, 11) is 0. The molecule has 1 amide bonds. The van der Waals surface area contributed by atoms with E-state index in [2.05, 4.69) is 26.0 Å². The van der Waals surface area contributed by atoms with Crippen molar-refractivity contribution in [3.63, 3.8) is 0 Å². The normalized spacial score (nSPS) is 13.1. The van der Waals surface area contributed by atoms with Gasteiger partial charge in [-0.3, -0.25) is 21.3 Å². The number of nitrogens with one attached hydrogen (secondary N) is 3. The molecule has 1 heterocycles. The van der Waals surface area contributed by atoms with Gasteiger partial charge in [0, 0.05) is 11.9 Å². The fourth-order valence-electron chi connectivity index (χ4n) is 1.83. The molecule has 0 bridgehead atoms. The number of quaternary nitrogens is 1. The molecule has 0 radical (unpaired) electrons. The molecule has 0 saturated carbocycles. The number of hydrogen-bond donors (Lipinski definition) is 6. The summed E-state index contributed by atoms with van der Waals surface area (Å²) in [6.07, 6.45) is 4.08. The molecule has 10 N–H and O–H groups in total. The predicted molar refractivity (Wildman–Crippen MR) is 74.4 cm³/mol. The quantitative estimate of drug-likeness (QED) is 0.149. The van der Waals surface area contributed by atoms with Crippen LogP contribution in [0, 0.1) is 0 Å². The number of hydrogen-bond acceptors (Lipinski definition) is 4. The van der Waals surface area contributed by atoms with Gasteiger partial charge in [0.25, 0.3) is 5.91 Å². The fraction of sp³-hybridized carbons (Fsp3) is 0.500. The molecule has 0 fully saturated rings. The van der Waals surface area contributed by atoms with E-state index in [4.69, 9.17) is 11.5 Å². The number of rotatable bonds is 9. The summed E-state index contributed by atoms with van der Waals surface area (Å²) in [5.41, 5.74) is 14.9. The van der Waals surface area contributed by atoms with Crippen LogP contribution in [-0.2, 0) is 16.0 Å². The highest BCUT2D eigenvalue weighted by atomic mass is 16.4. The Kier molecular flexibility index (Phi) is 6.83. The Bertz CT molecular complexity index is 511. The SMILES string of the molecule is NC(N)=[NH+]CCC[C@H](NC(=O)[C@@H]([NH3+])Cc1cnc[nH]1)C(=O)[O-]. The summed E-state index contributed by atoms with van der Waals surface area (Å²) in [5, 5.41) is 13.5. The van der Waals surface area contributed by atoms with E-state index < -0.39 is 24.0 Å². The van der Waals surface area contributed by atoms with Crippen molar-refractivity contribution in [1.29, 1.82) is 0 Å². The number of carboxylic acid groups (broad SMARTS) is 1. The third-order valence-corrected chi connectivity index (χ3v) is 2.99. The van der Waals surface area contributed by atoms with Gasteiger partial charge in [0.2, 0.25) is 0 Å². The highest BCUT2D eigenvalue weighted by Gasteiger charge is 2.22. The van der Waals surface area contributed by atoms with Crippen LogP contribution in [0.3, 0.4) is 0 Å². The fourth-order valence-corrected chi connectivity index (χ4v) is 1.83. The minimum atomic E-state index is -1.34. The number of carbonyl (C=O) groups is 2. The van der Waals surface area contributed by atoms with Gasteiger partial charge in [-0.1, -0.05) is 0 Å². The number of nitrogens with zero attached hydrogens (tertiary/aromatic N) is 1. The molecule has 10 nitrogen and oxygen atoms in total. The largest absolute Gasteiger partial charge is 0.548 e. The Balaban J connectivity index is 2.45.